The highest BCUT2D eigenvalue weighted by atomic mass is 79.9. The van der Waals surface area contributed by atoms with Gasteiger partial charge in [0.1, 0.15) is 5.69 Å². The fraction of sp³-hybridized carbons (Fsp3) is 0.261. The molecule has 2 N–H and O–H groups in total. The number of amides is 2. The lowest BCUT2D eigenvalue weighted by Crippen LogP contribution is -2.27. The van der Waals surface area contributed by atoms with Gasteiger partial charge in [0.15, 0.2) is 5.82 Å². The lowest BCUT2D eigenvalue weighted by Gasteiger charge is -2.15. The Kier molecular flexibility index (Phi) is 7.11. The molecular weight excluding hydrogens is 607 g/mol. The Labute approximate surface area is 231 Å². The van der Waals surface area contributed by atoms with Crippen molar-refractivity contribution in [3.05, 3.63) is 74.4 Å². The second-order valence-corrected chi connectivity index (χ2v) is 10.1. The van der Waals surface area contributed by atoms with Crippen LogP contribution in [-0.4, -0.2) is 52.8 Å². The number of carbonyl (C=O) groups excluding carboxylic acids is 2. The molecule has 0 aliphatic heterocycles. The quantitative estimate of drug-likeness (QED) is 0.315. The van der Waals surface area contributed by atoms with Crippen LogP contribution in [0.5, 0.6) is 0 Å². The molecule has 1 saturated carbocycles. The summed E-state index contributed by atoms with van der Waals surface area (Å²) in [5, 5.41) is 19.6. The first-order valence-electron chi connectivity index (χ1n) is 11.5. The Morgan fingerprint density at radius 3 is 2.67 bits per heavy atom. The molecule has 202 valence electrons. The molecular formula is C23H18BrClF3N9O2. The first-order valence-corrected chi connectivity index (χ1v) is 12.6. The Morgan fingerprint density at radius 1 is 1.21 bits per heavy atom. The Balaban J connectivity index is 1.53. The van der Waals surface area contributed by atoms with Crippen molar-refractivity contribution in [1.82, 2.24) is 40.3 Å². The zero-order valence-corrected chi connectivity index (χ0v) is 22.3. The van der Waals surface area contributed by atoms with Crippen molar-refractivity contribution >= 4 is 45.0 Å². The van der Waals surface area contributed by atoms with Gasteiger partial charge in [-0.05, 0) is 66.1 Å². The average Bonchev–Trinajstić information content (AvgIpc) is 3.37. The summed E-state index contributed by atoms with van der Waals surface area (Å²) in [6, 6.07) is 7.79. The van der Waals surface area contributed by atoms with Crippen LogP contribution in [0.25, 0.3) is 5.82 Å². The number of pyridine rings is 1. The Morgan fingerprint density at radius 2 is 1.97 bits per heavy atom. The first-order chi connectivity index (χ1) is 18.5. The van der Waals surface area contributed by atoms with Crippen molar-refractivity contribution in [3.8, 4) is 5.82 Å². The molecule has 11 nitrogen and oxygen atoms in total. The summed E-state index contributed by atoms with van der Waals surface area (Å²) < 4.78 is 42.2. The van der Waals surface area contributed by atoms with Gasteiger partial charge in [0, 0.05) is 16.7 Å². The topological polar surface area (TPSA) is 133 Å². The molecule has 1 aliphatic carbocycles. The molecule has 16 heteroatoms. The molecule has 1 aromatic carbocycles. The number of anilines is 1. The van der Waals surface area contributed by atoms with Crippen LogP contribution < -0.4 is 10.6 Å². The number of benzene rings is 1. The van der Waals surface area contributed by atoms with E-state index in [2.05, 4.69) is 52.2 Å². The van der Waals surface area contributed by atoms with Crippen molar-refractivity contribution in [2.24, 2.45) is 0 Å². The van der Waals surface area contributed by atoms with Crippen LogP contribution >= 0.6 is 27.5 Å². The number of alkyl halides is 3. The van der Waals surface area contributed by atoms with Gasteiger partial charge in [-0.2, -0.15) is 18.3 Å². The summed E-state index contributed by atoms with van der Waals surface area (Å²) in [6.45, 7) is 1.23. The second kappa shape index (κ2) is 10.4. The molecule has 3 heterocycles. The van der Waals surface area contributed by atoms with E-state index in [9.17, 15) is 22.8 Å². The third kappa shape index (κ3) is 5.78. The zero-order valence-electron chi connectivity index (χ0n) is 20.0. The molecule has 0 radical (unpaired) electrons. The summed E-state index contributed by atoms with van der Waals surface area (Å²) in [4.78, 5) is 30.7. The van der Waals surface area contributed by atoms with Crippen molar-refractivity contribution in [1.29, 1.82) is 0 Å². The van der Waals surface area contributed by atoms with Gasteiger partial charge in [0.25, 0.3) is 17.6 Å². The van der Waals surface area contributed by atoms with Crippen LogP contribution in [0.15, 0.2) is 41.0 Å². The van der Waals surface area contributed by atoms with Crippen LogP contribution in [0.2, 0.25) is 5.02 Å². The SMILES string of the molecule is Cc1cc(Br)cc(C(=O)NC2CC2)c1NC(=O)c1cc(Cn2nnnc2C(F)(F)F)nn1-c1ncccc1Cl. The highest BCUT2D eigenvalue weighted by Crippen LogP contribution is 2.30. The minimum atomic E-state index is -4.80. The molecule has 0 unspecified atom stereocenters. The van der Waals surface area contributed by atoms with Gasteiger partial charge >= 0.3 is 6.18 Å². The maximum atomic E-state index is 13.6. The molecule has 39 heavy (non-hydrogen) atoms. The summed E-state index contributed by atoms with van der Waals surface area (Å²) in [7, 11) is 0. The molecule has 0 atom stereocenters. The second-order valence-electron chi connectivity index (χ2n) is 8.75. The van der Waals surface area contributed by atoms with E-state index >= 15 is 0 Å². The number of aromatic nitrogens is 7. The molecule has 0 bridgehead atoms. The van der Waals surface area contributed by atoms with Crippen molar-refractivity contribution in [2.75, 3.05) is 5.32 Å². The van der Waals surface area contributed by atoms with Gasteiger partial charge < -0.3 is 10.6 Å². The van der Waals surface area contributed by atoms with Crippen molar-refractivity contribution in [2.45, 2.75) is 38.5 Å². The summed E-state index contributed by atoms with van der Waals surface area (Å²) in [5.74, 6) is -2.30. The smallest absolute Gasteiger partial charge is 0.349 e. The molecule has 0 saturated heterocycles. The van der Waals surface area contributed by atoms with E-state index in [1.165, 1.54) is 18.3 Å². The maximum absolute atomic E-state index is 13.6. The van der Waals surface area contributed by atoms with Crippen LogP contribution in [-0.2, 0) is 12.7 Å². The van der Waals surface area contributed by atoms with Gasteiger partial charge in [0.05, 0.1) is 28.5 Å². The molecule has 5 rings (SSSR count). The first kappa shape index (κ1) is 26.7. The number of hydrogen-bond acceptors (Lipinski definition) is 7. The number of nitrogens with zero attached hydrogens (tertiary/aromatic N) is 7. The molecule has 1 fully saturated rings. The lowest BCUT2D eigenvalue weighted by molar-refractivity contribution is -0.147. The largest absolute Gasteiger partial charge is 0.453 e. The number of carbonyl (C=O) groups is 2. The van der Waals surface area contributed by atoms with Crippen LogP contribution in [0.1, 0.15) is 50.8 Å². The predicted octanol–water partition coefficient (Wildman–Crippen LogP) is 4.19. The number of hydrogen-bond donors (Lipinski definition) is 2. The van der Waals surface area contributed by atoms with Crippen molar-refractivity contribution < 1.29 is 22.8 Å². The van der Waals surface area contributed by atoms with E-state index in [1.54, 1.807) is 25.1 Å². The summed E-state index contributed by atoms with van der Waals surface area (Å²) in [5.41, 5.74) is 1.04. The number of halogens is 5. The third-order valence-corrected chi connectivity index (χ3v) is 6.48. The van der Waals surface area contributed by atoms with E-state index in [4.69, 9.17) is 11.6 Å². The summed E-state index contributed by atoms with van der Waals surface area (Å²) >= 11 is 9.68. The minimum absolute atomic E-state index is 0.0268. The third-order valence-electron chi connectivity index (χ3n) is 5.73. The Hall–Kier alpha value is -3.85. The molecule has 1 aliphatic rings. The number of tetrazole rings is 1. The highest BCUT2D eigenvalue weighted by molar-refractivity contribution is 9.10. The lowest BCUT2D eigenvalue weighted by atomic mass is 10.1. The molecule has 3 aromatic heterocycles. The van der Waals surface area contributed by atoms with E-state index in [0.717, 1.165) is 17.5 Å². The molecule has 2 amide bonds. The van der Waals surface area contributed by atoms with Crippen molar-refractivity contribution in [3.63, 3.8) is 0 Å². The standard InChI is InChI=1S/C23H18BrClF3N9O2/c1-11-7-12(24)8-15(20(38)30-13-4-5-13)18(11)31-21(39)17-9-14(10-36-22(23(26,27)28)32-34-35-36)33-37(17)19-16(25)3-2-6-29-19/h2-3,6-9,13H,4-5,10H2,1H3,(H,30,38)(H,31,39). The highest BCUT2D eigenvalue weighted by Gasteiger charge is 2.38. The predicted molar refractivity (Wildman–Crippen MR) is 136 cm³/mol. The number of aryl methyl sites for hydroxylation is 1. The monoisotopic (exact) mass is 623 g/mol. The van der Waals surface area contributed by atoms with Crippen LogP contribution in [0, 0.1) is 6.92 Å². The van der Waals surface area contributed by atoms with Crippen LogP contribution in [0.3, 0.4) is 0 Å². The average molecular weight is 625 g/mol. The molecule has 0 spiro atoms. The van der Waals surface area contributed by atoms with E-state index < -0.39 is 24.5 Å². The minimum Gasteiger partial charge on any atom is -0.349 e. The van der Waals surface area contributed by atoms with E-state index in [1.807, 2.05) is 0 Å². The zero-order chi connectivity index (χ0) is 27.9. The Bertz CT molecular complexity index is 1580. The fourth-order valence-electron chi connectivity index (χ4n) is 3.79. The van der Waals surface area contributed by atoms with Crippen LogP contribution in [0.4, 0.5) is 18.9 Å². The van der Waals surface area contributed by atoms with E-state index in [0.29, 0.717) is 14.7 Å². The fourth-order valence-corrected chi connectivity index (χ4v) is 4.56. The van der Waals surface area contributed by atoms with Gasteiger partial charge in [-0.1, -0.05) is 27.5 Å². The normalized spacial score (nSPS) is 13.4. The van der Waals surface area contributed by atoms with Gasteiger partial charge in [-0.3, -0.25) is 9.59 Å². The maximum Gasteiger partial charge on any atom is 0.453 e. The van der Waals surface area contributed by atoms with Gasteiger partial charge in [-0.25, -0.2) is 14.3 Å². The van der Waals surface area contributed by atoms with E-state index in [-0.39, 0.29) is 45.4 Å². The number of rotatable bonds is 7. The van der Waals surface area contributed by atoms with Gasteiger partial charge in [-0.15, -0.1) is 5.10 Å². The molecule has 4 aromatic rings. The summed E-state index contributed by atoms with van der Waals surface area (Å²) in [6.07, 6.45) is -1.62. The van der Waals surface area contributed by atoms with Gasteiger partial charge in [0.2, 0.25) is 0 Å². The number of nitrogens with one attached hydrogen (secondary N) is 2.